The predicted molar refractivity (Wildman–Crippen MR) is 35.3 cm³/mol. The molecule has 1 heterocycles. The number of rotatable bonds is 1. The lowest BCUT2D eigenvalue weighted by Crippen LogP contribution is -2.49. The summed E-state index contributed by atoms with van der Waals surface area (Å²) in [5.41, 5.74) is 0. The Balaban J connectivity index is 2.24. The van der Waals surface area contributed by atoms with Gasteiger partial charge in [-0.15, -0.1) is 0 Å². The highest BCUT2D eigenvalue weighted by Gasteiger charge is 2.32. The van der Waals surface area contributed by atoms with Crippen LogP contribution in [0.1, 0.15) is 6.42 Å². The van der Waals surface area contributed by atoms with Gasteiger partial charge in [-0.25, -0.2) is 0 Å². The van der Waals surface area contributed by atoms with Crippen molar-refractivity contribution in [3.63, 3.8) is 0 Å². The third-order valence-corrected chi connectivity index (χ3v) is 1.60. The lowest BCUT2D eigenvalue weighted by molar-refractivity contribution is -0.140. The van der Waals surface area contributed by atoms with E-state index in [0.29, 0.717) is 13.1 Å². The van der Waals surface area contributed by atoms with Crippen LogP contribution in [0.5, 0.6) is 0 Å². The highest BCUT2D eigenvalue weighted by molar-refractivity contribution is 4.77. The van der Waals surface area contributed by atoms with Crippen LogP contribution in [-0.2, 0) is 0 Å². The predicted octanol–water partition coefficient (Wildman–Crippen LogP) is 0.500. The van der Waals surface area contributed by atoms with E-state index in [4.69, 9.17) is 0 Å². The standard InChI is InChI=1S/C6H11F3N2/c7-6(8,9)3-5-4-10-1-2-11-5/h5,10-11H,1-4H2. The van der Waals surface area contributed by atoms with Gasteiger partial charge in [-0.05, 0) is 0 Å². The van der Waals surface area contributed by atoms with E-state index in [0.717, 1.165) is 6.54 Å². The molecule has 5 heteroatoms. The smallest absolute Gasteiger partial charge is 0.314 e. The zero-order valence-corrected chi connectivity index (χ0v) is 6.04. The summed E-state index contributed by atoms with van der Waals surface area (Å²) < 4.78 is 35.3. The summed E-state index contributed by atoms with van der Waals surface area (Å²) in [7, 11) is 0. The van der Waals surface area contributed by atoms with E-state index in [1.54, 1.807) is 0 Å². The second-order valence-corrected chi connectivity index (χ2v) is 2.67. The fourth-order valence-electron chi connectivity index (χ4n) is 1.14. The summed E-state index contributed by atoms with van der Waals surface area (Å²) in [6.45, 7) is 1.80. The second kappa shape index (κ2) is 3.40. The van der Waals surface area contributed by atoms with Gasteiger partial charge in [0, 0.05) is 25.7 Å². The van der Waals surface area contributed by atoms with E-state index < -0.39 is 18.6 Å². The van der Waals surface area contributed by atoms with Crippen LogP contribution in [0.4, 0.5) is 13.2 Å². The molecule has 0 amide bonds. The van der Waals surface area contributed by atoms with Gasteiger partial charge in [-0.3, -0.25) is 0 Å². The van der Waals surface area contributed by atoms with Crippen LogP contribution in [0.25, 0.3) is 0 Å². The normalized spacial score (nSPS) is 27.0. The molecule has 2 nitrogen and oxygen atoms in total. The van der Waals surface area contributed by atoms with E-state index in [-0.39, 0.29) is 0 Å². The average molecular weight is 168 g/mol. The molecule has 0 aliphatic carbocycles. The number of nitrogens with one attached hydrogen (secondary N) is 2. The third kappa shape index (κ3) is 3.57. The maximum Gasteiger partial charge on any atom is 0.390 e. The Hall–Kier alpha value is -0.290. The fraction of sp³-hybridized carbons (Fsp3) is 1.00. The van der Waals surface area contributed by atoms with Crippen molar-refractivity contribution in [3.05, 3.63) is 0 Å². The van der Waals surface area contributed by atoms with Crippen LogP contribution in [0.3, 0.4) is 0 Å². The van der Waals surface area contributed by atoms with Crippen LogP contribution < -0.4 is 10.6 Å². The molecule has 1 fully saturated rings. The molecule has 1 aliphatic rings. The first-order valence-electron chi connectivity index (χ1n) is 3.59. The lowest BCUT2D eigenvalue weighted by atomic mass is 10.1. The molecule has 11 heavy (non-hydrogen) atoms. The SMILES string of the molecule is FC(F)(F)CC1CNCCN1. The van der Waals surface area contributed by atoms with Crippen LogP contribution in [0.15, 0.2) is 0 Å². The van der Waals surface area contributed by atoms with Gasteiger partial charge in [0.1, 0.15) is 0 Å². The molecule has 0 radical (unpaired) electrons. The van der Waals surface area contributed by atoms with Crippen LogP contribution in [0.2, 0.25) is 0 Å². The van der Waals surface area contributed by atoms with Crippen molar-refractivity contribution < 1.29 is 13.2 Å². The van der Waals surface area contributed by atoms with Crippen molar-refractivity contribution in [2.75, 3.05) is 19.6 Å². The van der Waals surface area contributed by atoms with E-state index in [1.807, 2.05) is 0 Å². The quantitative estimate of drug-likeness (QED) is 0.595. The van der Waals surface area contributed by atoms with Gasteiger partial charge in [-0.2, -0.15) is 13.2 Å². The molecule has 1 unspecified atom stereocenters. The Bertz CT molecular complexity index is 117. The third-order valence-electron chi connectivity index (χ3n) is 1.60. The Labute approximate surface area is 63.2 Å². The summed E-state index contributed by atoms with van der Waals surface area (Å²) in [4.78, 5) is 0. The maximum absolute atomic E-state index is 11.8. The first kappa shape index (κ1) is 8.80. The van der Waals surface area contributed by atoms with Gasteiger partial charge in [0.2, 0.25) is 0 Å². The molecule has 0 bridgehead atoms. The molecule has 1 aliphatic heterocycles. The van der Waals surface area contributed by atoms with Gasteiger partial charge >= 0.3 is 6.18 Å². The second-order valence-electron chi connectivity index (χ2n) is 2.67. The monoisotopic (exact) mass is 168 g/mol. The van der Waals surface area contributed by atoms with Crippen molar-refractivity contribution in [3.8, 4) is 0 Å². The highest BCUT2D eigenvalue weighted by atomic mass is 19.4. The van der Waals surface area contributed by atoms with Gasteiger partial charge in [0.05, 0.1) is 6.42 Å². The Morgan fingerprint density at radius 2 is 2.00 bits per heavy atom. The summed E-state index contributed by atoms with van der Waals surface area (Å²) in [6.07, 6.45) is -4.78. The van der Waals surface area contributed by atoms with E-state index in [9.17, 15) is 13.2 Å². The number of halogens is 3. The van der Waals surface area contributed by atoms with Crippen molar-refractivity contribution in [2.24, 2.45) is 0 Å². The molecule has 1 saturated heterocycles. The van der Waals surface area contributed by atoms with Gasteiger partial charge in [0.25, 0.3) is 0 Å². The molecule has 66 valence electrons. The van der Waals surface area contributed by atoms with Crippen LogP contribution in [-0.4, -0.2) is 31.9 Å². The molecule has 1 atom stereocenters. The molecule has 1 rings (SSSR count). The largest absolute Gasteiger partial charge is 0.390 e. The molecule has 0 aromatic rings. The molecule has 0 saturated carbocycles. The Morgan fingerprint density at radius 3 is 2.45 bits per heavy atom. The van der Waals surface area contributed by atoms with Crippen molar-refractivity contribution >= 4 is 0 Å². The highest BCUT2D eigenvalue weighted by Crippen LogP contribution is 2.21. The maximum atomic E-state index is 11.8. The Kier molecular flexibility index (Phi) is 2.72. The molecule has 0 aromatic carbocycles. The summed E-state index contributed by atoms with van der Waals surface area (Å²) >= 11 is 0. The average Bonchev–Trinajstić information content (AvgIpc) is 1.85. The van der Waals surface area contributed by atoms with Crippen LogP contribution in [0, 0.1) is 0 Å². The zero-order valence-electron chi connectivity index (χ0n) is 6.04. The molecule has 0 spiro atoms. The number of hydrogen-bond acceptors (Lipinski definition) is 2. The van der Waals surface area contributed by atoms with Crippen LogP contribution >= 0.6 is 0 Å². The van der Waals surface area contributed by atoms with E-state index in [1.165, 1.54) is 0 Å². The molecular formula is C6H11F3N2. The topological polar surface area (TPSA) is 24.1 Å². The fourth-order valence-corrected chi connectivity index (χ4v) is 1.14. The van der Waals surface area contributed by atoms with Gasteiger partial charge < -0.3 is 10.6 Å². The summed E-state index contributed by atoms with van der Waals surface area (Å²) in [5, 5.41) is 5.69. The zero-order chi connectivity index (χ0) is 8.32. The lowest BCUT2D eigenvalue weighted by Gasteiger charge is -2.25. The Morgan fingerprint density at radius 1 is 1.27 bits per heavy atom. The van der Waals surface area contributed by atoms with Crippen molar-refractivity contribution in [1.29, 1.82) is 0 Å². The minimum atomic E-state index is -4.04. The van der Waals surface area contributed by atoms with Gasteiger partial charge in [-0.1, -0.05) is 0 Å². The molecular weight excluding hydrogens is 157 g/mol. The number of piperazine rings is 1. The van der Waals surface area contributed by atoms with Gasteiger partial charge in [0.15, 0.2) is 0 Å². The first-order chi connectivity index (χ1) is 5.08. The minimum absolute atomic E-state index is 0.416. The van der Waals surface area contributed by atoms with E-state index in [2.05, 4.69) is 10.6 Å². The number of alkyl halides is 3. The molecule has 0 aromatic heterocycles. The first-order valence-corrected chi connectivity index (χ1v) is 3.59. The summed E-state index contributed by atoms with van der Waals surface area (Å²) in [6, 6.07) is -0.441. The molecule has 2 N–H and O–H groups in total. The van der Waals surface area contributed by atoms with Crippen molar-refractivity contribution in [2.45, 2.75) is 18.6 Å². The number of hydrogen-bond donors (Lipinski definition) is 2. The minimum Gasteiger partial charge on any atom is -0.314 e. The summed E-state index contributed by atoms with van der Waals surface area (Å²) in [5.74, 6) is 0. The van der Waals surface area contributed by atoms with Crippen molar-refractivity contribution in [1.82, 2.24) is 10.6 Å². The van der Waals surface area contributed by atoms with E-state index >= 15 is 0 Å².